The highest BCUT2D eigenvalue weighted by Crippen LogP contribution is 2.40. The van der Waals surface area contributed by atoms with Crippen LogP contribution in [-0.4, -0.2) is 83.4 Å². The number of H-pyrrole nitrogens is 1. The van der Waals surface area contributed by atoms with Gasteiger partial charge in [0.2, 0.25) is 5.91 Å². The number of amides is 2. The van der Waals surface area contributed by atoms with E-state index in [9.17, 15) is 40.7 Å². The zero-order valence-electron chi connectivity index (χ0n) is 23.4. The second-order valence-electron chi connectivity index (χ2n) is 10.3. The Morgan fingerprint density at radius 1 is 1.16 bits per heavy atom. The number of piperazine rings is 1. The van der Waals surface area contributed by atoms with Crippen molar-refractivity contribution in [3.8, 4) is 0 Å². The van der Waals surface area contributed by atoms with Crippen LogP contribution in [0.2, 0.25) is 0 Å². The van der Waals surface area contributed by atoms with Crippen LogP contribution in [0.4, 0.5) is 43.5 Å². The fourth-order valence-electron chi connectivity index (χ4n) is 5.01. The van der Waals surface area contributed by atoms with Crippen LogP contribution in [0.25, 0.3) is 0 Å². The maximum absolute atomic E-state index is 13.5. The first-order valence-corrected chi connectivity index (χ1v) is 13.6. The van der Waals surface area contributed by atoms with Crippen LogP contribution in [0.1, 0.15) is 44.2 Å². The molecule has 0 unspecified atom stereocenters. The highest BCUT2D eigenvalue weighted by atomic mass is 19.4. The lowest BCUT2D eigenvalue weighted by Gasteiger charge is -2.47. The summed E-state index contributed by atoms with van der Waals surface area (Å²) in [5, 5.41) is 7.69. The number of rotatable bonds is 10. The molecule has 4 rings (SSSR count). The van der Waals surface area contributed by atoms with E-state index in [0.29, 0.717) is 12.8 Å². The largest absolute Gasteiger partial charge is 0.423 e. The van der Waals surface area contributed by atoms with Gasteiger partial charge in [0.1, 0.15) is 11.6 Å². The number of hydrogen-bond donors (Lipinski definition) is 2. The van der Waals surface area contributed by atoms with Gasteiger partial charge in [-0.2, -0.15) is 31.4 Å². The van der Waals surface area contributed by atoms with Crippen molar-refractivity contribution in [3.63, 3.8) is 0 Å². The van der Waals surface area contributed by atoms with Crippen molar-refractivity contribution in [1.29, 1.82) is 0 Å². The van der Waals surface area contributed by atoms with E-state index in [1.165, 1.54) is 16.7 Å². The van der Waals surface area contributed by atoms with Gasteiger partial charge in [-0.3, -0.25) is 14.4 Å². The number of carbonyl (C=O) groups excluding carboxylic acids is 2. The SMILES string of the molecule is CCCCN1C(=O)[C@H]2CN(C(=O)CCOC[C@H](C)Nc3cn[nH]c(=O)c3C(F)(F)F)CCN2c2ncc(C(F)(F)F)cc21. The number of aromatic amines is 1. The van der Waals surface area contributed by atoms with Crippen molar-refractivity contribution in [1.82, 2.24) is 20.1 Å². The smallest absolute Gasteiger partial charge is 0.379 e. The number of ether oxygens (including phenoxy) is 1. The first-order valence-electron chi connectivity index (χ1n) is 13.6. The maximum atomic E-state index is 13.5. The monoisotopic (exact) mass is 619 g/mol. The Balaban J connectivity index is 1.35. The molecular weight excluding hydrogens is 588 g/mol. The topological polar surface area (TPSA) is 124 Å². The van der Waals surface area contributed by atoms with Gasteiger partial charge in [0.25, 0.3) is 11.5 Å². The van der Waals surface area contributed by atoms with Gasteiger partial charge >= 0.3 is 12.4 Å². The number of unbranched alkanes of at least 4 members (excludes halogenated alkanes) is 1. The number of aromatic nitrogens is 3. The molecule has 0 radical (unpaired) electrons. The molecule has 2 N–H and O–H groups in total. The minimum absolute atomic E-state index is 0.0101. The third-order valence-corrected chi connectivity index (χ3v) is 7.13. The van der Waals surface area contributed by atoms with Crippen LogP contribution >= 0.6 is 0 Å². The standard InChI is InChI=1S/C26H31F6N7O4/c1-3-4-6-39-18-10-16(25(27,28)29)11-33-22(18)38-8-7-37(13-19(38)24(39)42)20(40)5-9-43-14-15(2)35-17-12-34-36-23(41)21(17)26(30,31)32/h10-12,15,19H,3-9,13-14H2,1-2H3,(H2,35,36,41)/t15-,19+/m0/s1. The van der Waals surface area contributed by atoms with Crippen molar-refractivity contribution in [3.05, 3.63) is 39.9 Å². The second-order valence-corrected chi connectivity index (χ2v) is 10.3. The molecule has 2 aliphatic rings. The molecular formula is C26H31F6N7O4. The molecule has 2 aromatic heterocycles. The normalized spacial score (nSPS) is 17.9. The summed E-state index contributed by atoms with van der Waals surface area (Å²) in [4.78, 5) is 46.5. The molecule has 1 saturated heterocycles. The molecule has 236 valence electrons. The van der Waals surface area contributed by atoms with E-state index in [1.807, 2.05) is 6.92 Å². The van der Waals surface area contributed by atoms with Gasteiger partial charge in [-0.25, -0.2) is 10.1 Å². The molecule has 43 heavy (non-hydrogen) atoms. The quantitative estimate of drug-likeness (QED) is 0.307. The fourth-order valence-corrected chi connectivity index (χ4v) is 5.01. The average molecular weight is 620 g/mol. The summed E-state index contributed by atoms with van der Waals surface area (Å²) >= 11 is 0. The number of anilines is 3. The lowest BCUT2D eigenvalue weighted by molar-refractivity contribution is -0.138. The number of hydrogen-bond acceptors (Lipinski definition) is 8. The van der Waals surface area contributed by atoms with E-state index >= 15 is 0 Å². The Labute approximate surface area is 242 Å². The lowest BCUT2D eigenvalue weighted by atomic mass is 10.0. The number of nitrogens with one attached hydrogen (secondary N) is 2. The number of halogens is 6. The molecule has 4 heterocycles. The van der Waals surface area contributed by atoms with Crippen LogP contribution in [0, 0.1) is 0 Å². The van der Waals surface area contributed by atoms with Crippen molar-refractivity contribution in [2.24, 2.45) is 0 Å². The van der Waals surface area contributed by atoms with Gasteiger partial charge in [0.15, 0.2) is 5.82 Å². The summed E-state index contributed by atoms with van der Waals surface area (Å²) in [6.07, 6.45) is -6.72. The third kappa shape index (κ3) is 7.19. The molecule has 17 heteroatoms. The minimum atomic E-state index is -4.90. The number of carbonyl (C=O) groups is 2. The average Bonchev–Trinajstić information content (AvgIpc) is 2.93. The van der Waals surface area contributed by atoms with Crippen molar-refractivity contribution >= 4 is 29.0 Å². The van der Waals surface area contributed by atoms with Crippen molar-refractivity contribution in [2.45, 2.75) is 57.5 Å². The first kappa shape index (κ1) is 32.0. The molecule has 0 aromatic carbocycles. The molecule has 0 bridgehead atoms. The molecule has 2 amide bonds. The Bertz CT molecular complexity index is 1380. The summed E-state index contributed by atoms with van der Waals surface area (Å²) in [7, 11) is 0. The molecule has 2 aromatic rings. The summed E-state index contributed by atoms with van der Waals surface area (Å²) in [5.74, 6) is -0.476. The Morgan fingerprint density at radius 3 is 2.58 bits per heavy atom. The summed E-state index contributed by atoms with van der Waals surface area (Å²) in [6.45, 7) is 3.89. The predicted octanol–water partition coefficient (Wildman–Crippen LogP) is 3.27. The van der Waals surface area contributed by atoms with E-state index < -0.39 is 52.7 Å². The number of fused-ring (bicyclic) bond motifs is 3. The zero-order valence-corrected chi connectivity index (χ0v) is 23.4. The van der Waals surface area contributed by atoms with Gasteiger partial charge in [-0.1, -0.05) is 13.3 Å². The predicted molar refractivity (Wildman–Crippen MR) is 143 cm³/mol. The van der Waals surface area contributed by atoms with Gasteiger partial charge in [0, 0.05) is 31.9 Å². The number of pyridine rings is 1. The van der Waals surface area contributed by atoms with Gasteiger partial charge in [-0.15, -0.1) is 0 Å². The first-order chi connectivity index (χ1) is 20.2. The van der Waals surface area contributed by atoms with Gasteiger partial charge in [0.05, 0.1) is 49.3 Å². The van der Waals surface area contributed by atoms with E-state index in [4.69, 9.17) is 4.74 Å². The molecule has 11 nitrogen and oxygen atoms in total. The number of nitrogens with zero attached hydrogens (tertiary/aromatic N) is 5. The molecule has 2 atom stereocenters. The van der Waals surface area contributed by atoms with Crippen LogP contribution in [0.15, 0.2) is 23.3 Å². The highest BCUT2D eigenvalue weighted by molar-refractivity contribution is 6.05. The van der Waals surface area contributed by atoms with Crippen LogP contribution in [0.5, 0.6) is 0 Å². The summed E-state index contributed by atoms with van der Waals surface area (Å²) < 4.78 is 85.3. The molecule has 0 saturated carbocycles. The van der Waals surface area contributed by atoms with Crippen molar-refractivity contribution < 1.29 is 40.7 Å². The summed E-state index contributed by atoms with van der Waals surface area (Å²) in [5.41, 5.74) is -4.15. The molecule has 1 fully saturated rings. The molecule has 0 spiro atoms. The summed E-state index contributed by atoms with van der Waals surface area (Å²) in [6, 6.07) is -0.544. The maximum Gasteiger partial charge on any atom is 0.423 e. The van der Waals surface area contributed by atoms with Crippen LogP contribution in [-0.2, 0) is 26.7 Å². The Kier molecular flexibility index (Phi) is 9.51. The number of alkyl halides is 6. The van der Waals surface area contributed by atoms with E-state index in [2.05, 4.69) is 15.4 Å². The molecule has 2 aliphatic heterocycles. The fraction of sp³-hybridized carbons (Fsp3) is 0.577. The van der Waals surface area contributed by atoms with E-state index in [1.54, 1.807) is 10.00 Å². The third-order valence-electron chi connectivity index (χ3n) is 7.13. The lowest BCUT2D eigenvalue weighted by Crippen LogP contribution is -2.64. The molecule has 0 aliphatic carbocycles. The second kappa shape index (κ2) is 12.8. The van der Waals surface area contributed by atoms with Gasteiger partial charge < -0.3 is 24.8 Å². The Morgan fingerprint density at radius 2 is 1.91 bits per heavy atom. The minimum Gasteiger partial charge on any atom is -0.379 e. The zero-order chi connectivity index (χ0) is 31.5. The van der Waals surface area contributed by atoms with E-state index in [0.717, 1.165) is 18.5 Å². The highest BCUT2D eigenvalue weighted by Gasteiger charge is 2.44. The van der Waals surface area contributed by atoms with Crippen LogP contribution in [0.3, 0.4) is 0 Å². The van der Waals surface area contributed by atoms with E-state index in [-0.39, 0.29) is 63.2 Å². The van der Waals surface area contributed by atoms with Gasteiger partial charge in [-0.05, 0) is 19.4 Å². The van der Waals surface area contributed by atoms with Crippen molar-refractivity contribution in [2.75, 3.05) is 54.5 Å². The van der Waals surface area contributed by atoms with Crippen LogP contribution < -0.4 is 20.7 Å². The Hall–Kier alpha value is -3.89.